The van der Waals surface area contributed by atoms with E-state index in [0.717, 1.165) is 6.42 Å². The number of hydrogen-bond donors (Lipinski definition) is 0. The highest BCUT2D eigenvalue weighted by molar-refractivity contribution is 8.05. The molecular formula is C10H22O3SSi. The average Bonchev–Trinajstić information content (AvgIpc) is 2.29. The van der Waals surface area contributed by atoms with E-state index in [1.165, 1.54) is 4.91 Å². The van der Waals surface area contributed by atoms with Gasteiger partial charge in [0.1, 0.15) is 0 Å². The summed E-state index contributed by atoms with van der Waals surface area (Å²) in [5, 5.41) is 0. The lowest BCUT2D eigenvalue weighted by atomic mass is 10.6. The Labute approximate surface area is 98.5 Å². The Bertz CT molecular complexity index is 197. The van der Waals surface area contributed by atoms with Gasteiger partial charge in [0, 0.05) is 21.3 Å². The summed E-state index contributed by atoms with van der Waals surface area (Å²) in [4.78, 5) is 1.53. The van der Waals surface area contributed by atoms with E-state index in [2.05, 4.69) is 19.9 Å². The minimum Gasteiger partial charge on any atom is -0.376 e. The van der Waals surface area contributed by atoms with Crippen LogP contribution in [-0.4, -0.2) is 35.0 Å². The Kier molecular flexibility index (Phi) is 7.55. The largest absolute Gasteiger partial charge is 0.514 e. The van der Waals surface area contributed by atoms with Gasteiger partial charge in [0.2, 0.25) is 0 Å². The normalized spacial score (nSPS) is 15.5. The second-order valence-electron chi connectivity index (χ2n) is 3.13. The molecule has 0 saturated heterocycles. The van der Waals surface area contributed by atoms with Crippen LogP contribution in [0.4, 0.5) is 0 Å². The second kappa shape index (κ2) is 7.46. The van der Waals surface area contributed by atoms with Crippen molar-refractivity contribution in [3.63, 3.8) is 0 Å². The van der Waals surface area contributed by atoms with Crippen molar-refractivity contribution in [2.24, 2.45) is 0 Å². The first-order chi connectivity index (χ1) is 7.10. The van der Waals surface area contributed by atoms with Gasteiger partial charge in [-0.3, -0.25) is 0 Å². The third-order valence-corrected chi connectivity index (χ3v) is 7.70. The lowest BCUT2D eigenvalue weighted by Gasteiger charge is -2.31. The van der Waals surface area contributed by atoms with Gasteiger partial charge in [0.25, 0.3) is 0 Å². The Balaban J connectivity index is 4.74. The summed E-state index contributed by atoms with van der Waals surface area (Å²) in [7, 11) is 2.48. The smallest absolute Gasteiger partial charge is 0.376 e. The van der Waals surface area contributed by atoms with Gasteiger partial charge >= 0.3 is 8.80 Å². The molecule has 3 nitrogen and oxygen atoms in total. The van der Waals surface area contributed by atoms with E-state index in [1.807, 2.05) is 6.92 Å². The molecule has 0 heterocycles. The van der Waals surface area contributed by atoms with Crippen LogP contribution in [0.25, 0.3) is 0 Å². The molecule has 5 heteroatoms. The van der Waals surface area contributed by atoms with E-state index in [-0.39, 0.29) is 4.87 Å². The fourth-order valence-corrected chi connectivity index (χ4v) is 5.88. The molecule has 90 valence electrons. The predicted molar refractivity (Wildman–Crippen MR) is 67.9 cm³/mol. The first kappa shape index (κ1) is 15.2. The van der Waals surface area contributed by atoms with Crippen molar-refractivity contribution in [2.45, 2.75) is 32.1 Å². The monoisotopic (exact) mass is 250 g/mol. The molecule has 1 unspecified atom stereocenters. The van der Waals surface area contributed by atoms with E-state index < -0.39 is 8.80 Å². The van der Waals surface area contributed by atoms with Crippen molar-refractivity contribution in [1.29, 1.82) is 0 Å². The molecule has 0 aromatic rings. The average molecular weight is 250 g/mol. The van der Waals surface area contributed by atoms with E-state index in [0.29, 0.717) is 0 Å². The van der Waals surface area contributed by atoms with Crippen molar-refractivity contribution in [1.82, 2.24) is 0 Å². The molecule has 0 bridgehead atoms. The molecule has 0 amide bonds. The quantitative estimate of drug-likeness (QED) is 0.649. The van der Waals surface area contributed by atoms with Crippen LogP contribution in [0.15, 0.2) is 11.0 Å². The highest BCUT2D eigenvalue weighted by Crippen LogP contribution is 2.31. The lowest BCUT2D eigenvalue weighted by Crippen LogP contribution is -2.52. The second-order valence-corrected chi connectivity index (χ2v) is 8.13. The van der Waals surface area contributed by atoms with Crippen molar-refractivity contribution >= 4 is 20.6 Å². The highest BCUT2D eigenvalue weighted by Gasteiger charge is 2.46. The van der Waals surface area contributed by atoms with Crippen molar-refractivity contribution in [3.8, 4) is 0 Å². The summed E-state index contributed by atoms with van der Waals surface area (Å²) >= 11 is 1.77. The molecule has 0 aromatic carbocycles. The van der Waals surface area contributed by atoms with Gasteiger partial charge in [0.15, 0.2) is 0 Å². The van der Waals surface area contributed by atoms with Gasteiger partial charge in [0.05, 0.1) is 4.87 Å². The van der Waals surface area contributed by atoms with Crippen molar-refractivity contribution < 1.29 is 13.3 Å². The maximum absolute atomic E-state index is 5.48. The fourth-order valence-electron chi connectivity index (χ4n) is 1.34. The maximum Gasteiger partial charge on any atom is 0.514 e. The summed E-state index contributed by atoms with van der Waals surface area (Å²) in [5.74, 6) is 0. The van der Waals surface area contributed by atoms with Gasteiger partial charge in [-0.25, -0.2) is 0 Å². The topological polar surface area (TPSA) is 27.7 Å². The minimum atomic E-state index is -2.50. The van der Waals surface area contributed by atoms with Crippen LogP contribution in [-0.2, 0) is 13.3 Å². The van der Waals surface area contributed by atoms with Gasteiger partial charge in [-0.15, -0.1) is 11.8 Å². The summed E-state index contributed by atoms with van der Waals surface area (Å²) < 4.78 is 16.4. The van der Waals surface area contributed by atoms with Gasteiger partial charge in [-0.05, 0) is 25.2 Å². The zero-order chi connectivity index (χ0) is 11.9. The summed E-state index contributed by atoms with van der Waals surface area (Å²) in [5.41, 5.74) is 0. The first-order valence-corrected chi connectivity index (χ1v) is 7.73. The molecule has 0 N–H and O–H groups in total. The van der Waals surface area contributed by atoms with Crippen LogP contribution in [0.5, 0.6) is 0 Å². The molecule has 0 aliphatic carbocycles. The van der Waals surface area contributed by atoms with Crippen LogP contribution in [0.3, 0.4) is 0 Å². The Hall–Kier alpha value is 0.187. The van der Waals surface area contributed by atoms with Crippen LogP contribution < -0.4 is 0 Å². The molecule has 0 aromatic heterocycles. The molecule has 0 aliphatic heterocycles. The van der Waals surface area contributed by atoms with Crippen LogP contribution in [0.2, 0.25) is 0 Å². The van der Waals surface area contributed by atoms with E-state index in [9.17, 15) is 0 Å². The Morgan fingerprint density at radius 1 is 1.27 bits per heavy atom. The molecule has 0 radical (unpaired) electrons. The summed E-state index contributed by atoms with van der Waals surface area (Å²) in [6, 6.07) is 0. The highest BCUT2D eigenvalue weighted by atomic mass is 32.2. The molecular weight excluding hydrogens is 228 g/mol. The van der Waals surface area contributed by atoms with Crippen LogP contribution >= 0.6 is 11.8 Å². The molecule has 0 fully saturated rings. The number of allylic oxidation sites excluding steroid dienone is 2. The summed E-state index contributed by atoms with van der Waals surface area (Å²) in [6.07, 6.45) is 3.06. The maximum atomic E-state index is 5.48. The number of rotatable bonds is 7. The van der Waals surface area contributed by atoms with E-state index >= 15 is 0 Å². The van der Waals surface area contributed by atoms with E-state index in [1.54, 1.807) is 33.1 Å². The Morgan fingerprint density at radius 3 is 2.00 bits per heavy atom. The Morgan fingerprint density at radius 2 is 1.73 bits per heavy atom. The fraction of sp³-hybridized carbons (Fsp3) is 0.800. The van der Waals surface area contributed by atoms with Crippen molar-refractivity contribution in [2.75, 3.05) is 21.3 Å². The van der Waals surface area contributed by atoms with E-state index in [4.69, 9.17) is 13.3 Å². The molecule has 0 saturated carbocycles. The zero-order valence-corrected chi connectivity index (χ0v) is 12.3. The van der Waals surface area contributed by atoms with Gasteiger partial charge in [-0.1, -0.05) is 13.0 Å². The zero-order valence-electron chi connectivity index (χ0n) is 10.5. The predicted octanol–water partition coefficient (Wildman–Crippen LogP) is 2.84. The number of hydrogen-bond acceptors (Lipinski definition) is 4. The molecule has 0 spiro atoms. The van der Waals surface area contributed by atoms with Gasteiger partial charge in [-0.2, -0.15) is 0 Å². The SMILES string of the molecule is C/C=C(/C)SC(CC)[Si](OC)(OC)OC. The summed E-state index contributed by atoms with van der Waals surface area (Å²) in [6.45, 7) is 6.25. The molecule has 0 aliphatic rings. The van der Waals surface area contributed by atoms with Gasteiger partial charge < -0.3 is 13.3 Å². The molecule has 15 heavy (non-hydrogen) atoms. The standard InChI is InChI=1S/C10H22O3SSi/c1-7-9(3)14-10(8-2)15(11-4,12-5)13-6/h7,10H,8H2,1-6H3/b9-7-. The molecule has 1 atom stereocenters. The van der Waals surface area contributed by atoms with Crippen LogP contribution in [0.1, 0.15) is 27.2 Å². The third-order valence-electron chi connectivity index (χ3n) is 2.35. The first-order valence-electron chi connectivity index (χ1n) is 5.05. The third kappa shape index (κ3) is 3.92. The molecule has 0 rings (SSSR count). The lowest BCUT2D eigenvalue weighted by molar-refractivity contribution is 0.121. The van der Waals surface area contributed by atoms with Crippen molar-refractivity contribution in [3.05, 3.63) is 11.0 Å². The van der Waals surface area contributed by atoms with Crippen LogP contribution in [0, 0.1) is 0 Å². The number of thioether (sulfide) groups is 1. The minimum absolute atomic E-state index is 0.258.